The van der Waals surface area contributed by atoms with Gasteiger partial charge in [0.1, 0.15) is 0 Å². The van der Waals surface area contributed by atoms with Gasteiger partial charge in [-0.2, -0.15) is 13.2 Å². The first-order chi connectivity index (χ1) is 7.70. The predicted molar refractivity (Wildman–Crippen MR) is 56.1 cm³/mol. The minimum Gasteiger partial charge on any atom is -0.306 e. The van der Waals surface area contributed by atoms with Crippen LogP contribution in [0, 0.1) is 0 Å². The average molecular weight is 287 g/mol. The lowest BCUT2D eigenvalue weighted by Crippen LogP contribution is -2.08. The first kappa shape index (κ1) is 14.1. The second-order valence-electron chi connectivity index (χ2n) is 3.16. The summed E-state index contributed by atoms with van der Waals surface area (Å²) in [6.45, 7) is 0. The normalized spacial score (nSPS) is 13.5. The molecule has 0 saturated heterocycles. The van der Waals surface area contributed by atoms with Gasteiger partial charge in [0, 0.05) is 5.56 Å². The second-order valence-corrected chi connectivity index (χ2v) is 4.43. The summed E-state index contributed by atoms with van der Waals surface area (Å²) in [6, 6.07) is 2.36. The molecule has 0 aromatic heterocycles. The molecule has 1 unspecified atom stereocenters. The van der Waals surface area contributed by atoms with Gasteiger partial charge in [-0.1, -0.05) is 0 Å². The monoisotopic (exact) mass is 286 g/mol. The largest absolute Gasteiger partial charge is 0.416 e. The Labute approximate surface area is 102 Å². The van der Waals surface area contributed by atoms with Crippen molar-refractivity contribution in [2.24, 2.45) is 0 Å². The highest BCUT2D eigenvalue weighted by Gasteiger charge is 2.31. The Kier molecular flexibility index (Phi) is 4.29. The molecule has 1 aromatic rings. The lowest BCUT2D eigenvalue weighted by atomic mass is 10.1. The van der Waals surface area contributed by atoms with Crippen molar-refractivity contribution in [2.75, 3.05) is 0 Å². The number of alkyl halides is 3. The molecule has 3 nitrogen and oxygen atoms in total. The van der Waals surface area contributed by atoms with E-state index in [1.165, 1.54) is 0 Å². The fourth-order valence-electron chi connectivity index (χ4n) is 1.20. The molecule has 0 saturated carbocycles. The molecule has 0 aliphatic heterocycles. The van der Waals surface area contributed by atoms with Crippen LogP contribution in [-0.4, -0.2) is 14.0 Å². The molecule has 8 heteroatoms. The Bertz CT molecular complexity index is 473. The van der Waals surface area contributed by atoms with Crippen molar-refractivity contribution in [3.8, 4) is 0 Å². The van der Waals surface area contributed by atoms with E-state index in [1.807, 2.05) is 0 Å². The summed E-state index contributed by atoms with van der Waals surface area (Å²) in [5.41, 5.74) is -1.52. The molecule has 0 aliphatic carbocycles. The van der Waals surface area contributed by atoms with Crippen LogP contribution in [-0.2, 0) is 23.0 Å². The highest BCUT2D eigenvalue weighted by Crippen LogP contribution is 2.31. The van der Waals surface area contributed by atoms with Crippen LogP contribution in [0.2, 0.25) is 0 Å². The van der Waals surface area contributed by atoms with Crippen LogP contribution in [0.15, 0.2) is 18.2 Å². The molecule has 0 bridgehead atoms. The molecule has 0 fully saturated rings. The topological polar surface area (TPSA) is 54.4 Å². The molecule has 0 spiro atoms. The molecule has 0 radical (unpaired) electrons. The Balaban J connectivity index is 3.28. The summed E-state index contributed by atoms with van der Waals surface area (Å²) >= 11 is 2.79. The lowest BCUT2D eigenvalue weighted by molar-refractivity contribution is -0.137. The van der Waals surface area contributed by atoms with E-state index < -0.39 is 33.8 Å². The predicted octanol–water partition coefficient (Wildman–Crippen LogP) is 2.81. The molecule has 0 amide bonds. The Morgan fingerprint density at radius 1 is 1.35 bits per heavy atom. The molecule has 1 aromatic carbocycles. The molecule has 0 aliphatic rings. The maximum atomic E-state index is 12.5. The SMILES string of the molecule is O=C(Cl)c1cc(CS(=O)O)cc(C(F)(F)F)c1. The van der Waals surface area contributed by atoms with E-state index in [0.717, 1.165) is 6.07 Å². The number of carbonyl (C=O) groups excluding carboxylic acids is 1. The maximum Gasteiger partial charge on any atom is 0.416 e. The summed E-state index contributed by atoms with van der Waals surface area (Å²) in [5, 5.41) is -1.05. The standard InChI is InChI=1S/C9H6ClF3O3S/c10-8(14)6-1-5(4-17(15)16)2-7(3-6)9(11,12)13/h1-3H,4H2,(H,15,16). The van der Waals surface area contributed by atoms with Gasteiger partial charge in [0.2, 0.25) is 0 Å². The summed E-state index contributed by atoms with van der Waals surface area (Å²) in [5.74, 6) is -0.499. The molecular formula is C9H6ClF3O3S. The van der Waals surface area contributed by atoms with Gasteiger partial charge in [0.15, 0.2) is 11.1 Å². The van der Waals surface area contributed by atoms with E-state index in [0.29, 0.717) is 12.1 Å². The van der Waals surface area contributed by atoms with Crippen LogP contribution in [0.4, 0.5) is 13.2 Å². The van der Waals surface area contributed by atoms with Crippen LogP contribution in [0.5, 0.6) is 0 Å². The third-order valence-corrected chi connectivity index (χ3v) is 2.64. The van der Waals surface area contributed by atoms with E-state index in [1.54, 1.807) is 0 Å². The number of carbonyl (C=O) groups is 1. The van der Waals surface area contributed by atoms with Crippen molar-refractivity contribution in [3.63, 3.8) is 0 Å². The Hall–Kier alpha value is -0.920. The minimum atomic E-state index is -4.64. The van der Waals surface area contributed by atoms with E-state index in [2.05, 4.69) is 0 Å². The number of hydrogen-bond donors (Lipinski definition) is 1. The van der Waals surface area contributed by atoms with Gasteiger partial charge in [-0.05, 0) is 35.4 Å². The first-order valence-corrected chi connectivity index (χ1v) is 5.84. The third-order valence-electron chi connectivity index (χ3n) is 1.84. The molecule has 0 heterocycles. The van der Waals surface area contributed by atoms with E-state index in [4.69, 9.17) is 16.2 Å². The number of hydrogen-bond acceptors (Lipinski definition) is 2. The van der Waals surface area contributed by atoms with Crippen LogP contribution < -0.4 is 0 Å². The van der Waals surface area contributed by atoms with Gasteiger partial charge in [-0.15, -0.1) is 0 Å². The molecule has 1 atom stereocenters. The smallest absolute Gasteiger partial charge is 0.306 e. The molecule has 17 heavy (non-hydrogen) atoms. The molecule has 1 rings (SSSR count). The average Bonchev–Trinajstić information content (AvgIpc) is 2.14. The van der Waals surface area contributed by atoms with Crippen molar-refractivity contribution >= 4 is 27.9 Å². The van der Waals surface area contributed by atoms with Crippen molar-refractivity contribution in [1.82, 2.24) is 0 Å². The molecule has 94 valence electrons. The first-order valence-electron chi connectivity index (χ1n) is 4.18. The van der Waals surface area contributed by atoms with Crippen molar-refractivity contribution in [3.05, 3.63) is 34.9 Å². The van der Waals surface area contributed by atoms with E-state index >= 15 is 0 Å². The van der Waals surface area contributed by atoms with Crippen LogP contribution in [0.1, 0.15) is 21.5 Å². The summed E-state index contributed by atoms with van der Waals surface area (Å²) < 4.78 is 56.5. The van der Waals surface area contributed by atoms with E-state index in [-0.39, 0.29) is 11.1 Å². The second kappa shape index (κ2) is 5.16. The van der Waals surface area contributed by atoms with Crippen LogP contribution >= 0.6 is 11.6 Å². The summed E-state index contributed by atoms with van der Waals surface area (Å²) in [7, 11) is 0. The van der Waals surface area contributed by atoms with Crippen LogP contribution in [0.3, 0.4) is 0 Å². The van der Waals surface area contributed by atoms with Gasteiger partial charge in [-0.25, -0.2) is 4.21 Å². The quantitative estimate of drug-likeness (QED) is 0.687. The minimum absolute atomic E-state index is 0.0790. The number of halogens is 4. The van der Waals surface area contributed by atoms with Gasteiger partial charge in [-0.3, -0.25) is 4.79 Å². The van der Waals surface area contributed by atoms with Crippen molar-refractivity contribution < 1.29 is 26.7 Å². The van der Waals surface area contributed by atoms with Gasteiger partial charge < -0.3 is 4.55 Å². The molecular weight excluding hydrogens is 281 g/mol. The third kappa shape index (κ3) is 4.10. The highest BCUT2D eigenvalue weighted by molar-refractivity contribution is 7.78. The number of rotatable bonds is 3. The Morgan fingerprint density at radius 2 is 1.94 bits per heavy atom. The highest BCUT2D eigenvalue weighted by atomic mass is 35.5. The zero-order chi connectivity index (χ0) is 13.2. The van der Waals surface area contributed by atoms with Gasteiger partial charge in [0.25, 0.3) is 5.24 Å². The molecule has 1 N–H and O–H groups in total. The van der Waals surface area contributed by atoms with Gasteiger partial charge in [0.05, 0.1) is 11.3 Å². The zero-order valence-electron chi connectivity index (χ0n) is 8.12. The maximum absolute atomic E-state index is 12.5. The number of benzene rings is 1. The Morgan fingerprint density at radius 3 is 2.35 bits per heavy atom. The van der Waals surface area contributed by atoms with Crippen molar-refractivity contribution in [1.29, 1.82) is 0 Å². The fourth-order valence-corrected chi connectivity index (χ4v) is 1.76. The van der Waals surface area contributed by atoms with Gasteiger partial charge >= 0.3 is 6.18 Å². The summed E-state index contributed by atoms with van der Waals surface area (Å²) in [6.07, 6.45) is -4.64. The van der Waals surface area contributed by atoms with Crippen molar-refractivity contribution in [2.45, 2.75) is 11.9 Å². The van der Waals surface area contributed by atoms with E-state index in [9.17, 15) is 22.2 Å². The zero-order valence-corrected chi connectivity index (χ0v) is 9.70. The lowest BCUT2D eigenvalue weighted by Gasteiger charge is -2.09. The fraction of sp³-hybridized carbons (Fsp3) is 0.222. The summed E-state index contributed by atoms with van der Waals surface area (Å²) in [4.78, 5) is 10.8. The van der Waals surface area contributed by atoms with Crippen LogP contribution in [0.25, 0.3) is 0 Å².